The average Bonchev–Trinajstić information content (AvgIpc) is 2.49. The minimum absolute atomic E-state index is 0.144. The zero-order valence-electron chi connectivity index (χ0n) is 14.7. The topological polar surface area (TPSA) is 102 Å². The average molecular weight is 463 g/mol. The number of hydrogen-bond acceptors (Lipinski definition) is 5. The van der Waals surface area contributed by atoms with E-state index in [1.807, 2.05) is 29.5 Å². The van der Waals surface area contributed by atoms with Crippen LogP contribution in [0.3, 0.4) is 0 Å². The number of nitrogens with zero attached hydrogens (tertiary/aromatic N) is 2. The van der Waals surface area contributed by atoms with Gasteiger partial charge in [0.15, 0.2) is 0 Å². The highest BCUT2D eigenvalue weighted by Crippen LogP contribution is 2.19. The Bertz CT molecular complexity index is 658. The minimum atomic E-state index is -0.590. The lowest BCUT2D eigenvalue weighted by molar-refractivity contribution is -0.384. The molecule has 0 unspecified atom stereocenters. The molecule has 0 saturated carbocycles. The van der Waals surface area contributed by atoms with E-state index in [9.17, 15) is 19.7 Å². The number of non-ortho nitro benzene ring substituents is 1. The molecular weight excluding hydrogens is 441 g/mol. The second-order valence-electron chi connectivity index (χ2n) is 6.24. The number of nitrogens with one attached hydrogen (secondary N) is 1. The van der Waals surface area contributed by atoms with E-state index in [4.69, 9.17) is 4.74 Å². The van der Waals surface area contributed by atoms with Gasteiger partial charge in [0, 0.05) is 35.3 Å². The van der Waals surface area contributed by atoms with Crippen LogP contribution in [-0.4, -0.2) is 47.1 Å². The van der Waals surface area contributed by atoms with Gasteiger partial charge in [-0.1, -0.05) is 0 Å². The van der Waals surface area contributed by atoms with Gasteiger partial charge in [-0.25, -0.2) is 4.79 Å². The molecule has 1 rings (SSSR count). The Hall–Kier alpha value is -1.91. The van der Waals surface area contributed by atoms with Gasteiger partial charge in [-0.3, -0.25) is 14.9 Å². The minimum Gasteiger partial charge on any atom is -0.444 e. The molecule has 1 N–H and O–H groups in total. The van der Waals surface area contributed by atoms with Crippen LogP contribution >= 0.6 is 22.6 Å². The van der Waals surface area contributed by atoms with Crippen molar-refractivity contribution >= 4 is 40.3 Å². The molecule has 0 aromatic heterocycles. The maximum Gasteiger partial charge on any atom is 0.410 e. The third-order valence-corrected chi connectivity index (χ3v) is 4.05. The normalized spacial score (nSPS) is 10.9. The first kappa shape index (κ1) is 21.1. The van der Waals surface area contributed by atoms with Crippen LogP contribution in [0.4, 0.5) is 10.5 Å². The zero-order valence-corrected chi connectivity index (χ0v) is 16.8. The number of nitro groups is 1. The van der Waals surface area contributed by atoms with Crippen molar-refractivity contribution in [3.63, 3.8) is 0 Å². The van der Waals surface area contributed by atoms with Gasteiger partial charge in [-0.15, -0.1) is 0 Å². The number of benzene rings is 1. The fraction of sp³-hybridized carbons (Fsp3) is 0.500. The van der Waals surface area contributed by atoms with E-state index >= 15 is 0 Å². The molecule has 0 heterocycles. The summed E-state index contributed by atoms with van der Waals surface area (Å²) >= 11 is 1.95. The molecule has 8 nitrogen and oxygen atoms in total. The SMILES string of the molecule is CCN(CCNC(=O)c1cc([N+](=O)[O-])ccc1I)C(=O)OC(C)(C)C. The molecule has 2 amide bonds. The Balaban J connectivity index is 2.66. The fourth-order valence-corrected chi connectivity index (χ4v) is 2.49. The largest absolute Gasteiger partial charge is 0.444 e. The standard InChI is InChI=1S/C16H22IN3O5/c1-5-19(15(22)25-16(2,3)4)9-8-18-14(21)12-10-11(20(23)24)6-7-13(12)17/h6-7,10H,5,8-9H2,1-4H3,(H,18,21). The Morgan fingerprint density at radius 2 is 2.00 bits per heavy atom. The quantitative estimate of drug-likeness (QED) is 0.397. The molecule has 1 aromatic rings. The summed E-state index contributed by atoms with van der Waals surface area (Å²) in [5.41, 5.74) is -0.503. The predicted molar refractivity (Wildman–Crippen MR) is 102 cm³/mol. The summed E-state index contributed by atoms with van der Waals surface area (Å²) in [6.45, 7) is 8.10. The van der Waals surface area contributed by atoms with Crippen LogP contribution in [0.5, 0.6) is 0 Å². The molecule has 138 valence electrons. The number of carbonyl (C=O) groups is 2. The van der Waals surface area contributed by atoms with Crippen LogP contribution in [0.25, 0.3) is 0 Å². The van der Waals surface area contributed by atoms with Crippen LogP contribution < -0.4 is 5.32 Å². The lowest BCUT2D eigenvalue weighted by Gasteiger charge is -2.26. The first-order valence-corrected chi connectivity index (χ1v) is 8.83. The maximum atomic E-state index is 12.2. The number of carbonyl (C=O) groups excluding carboxylic acids is 2. The summed E-state index contributed by atoms with van der Waals surface area (Å²) in [6.07, 6.45) is -0.450. The molecule has 9 heteroatoms. The summed E-state index contributed by atoms with van der Waals surface area (Å²) in [5, 5.41) is 13.5. The van der Waals surface area contributed by atoms with Gasteiger partial charge in [-0.05, 0) is 56.4 Å². The van der Waals surface area contributed by atoms with Crippen molar-refractivity contribution in [2.75, 3.05) is 19.6 Å². The molecule has 0 aliphatic rings. The Morgan fingerprint density at radius 1 is 1.36 bits per heavy atom. The fourth-order valence-electron chi connectivity index (χ4n) is 1.91. The Labute approximate surface area is 160 Å². The van der Waals surface area contributed by atoms with Gasteiger partial charge < -0.3 is 15.0 Å². The number of halogens is 1. The summed E-state index contributed by atoms with van der Waals surface area (Å²) in [7, 11) is 0. The number of rotatable bonds is 6. The van der Waals surface area contributed by atoms with E-state index in [-0.39, 0.29) is 24.3 Å². The van der Waals surface area contributed by atoms with Gasteiger partial charge in [0.25, 0.3) is 11.6 Å². The predicted octanol–water partition coefficient (Wildman–Crippen LogP) is 3.19. The summed E-state index contributed by atoms with van der Waals surface area (Å²) in [6, 6.07) is 4.11. The van der Waals surface area contributed by atoms with Crippen LogP contribution in [0.2, 0.25) is 0 Å². The van der Waals surface area contributed by atoms with E-state index in [0.717, 1.165) is 0 Å². The smallest absolute Gasteiger partial charge is 0.410 e. The highest BCUT2D eigenvalue weighted by molar-refractivity contribution is 14.1. The maximum absolute atomic E-state index is 12.2. The van der Waals surface area contributed by atoms with Crippen LogP contribution in [0.15, 0.2) is 18.2 Å². The molecule has 25 heavy (non-hydrogen) atoms. The van der Waals surface area contributed by atoms with Crippen molar-refractivity contribution in [3.05, 3.63) is 37.4 Å². The van der Waals surface area contributed by atoms with Crippen molar-refractivity contribution < 1.29 is 19.2 Å². The van der Waals surface area contributed by atoms with Gasteiger partial charge in [0.2, 0.25) is 0 Å². The molecule has 1 aromatic carbocycles. The summed E-state index contributed by atoms with van der Waals surface area (Å²) < 4.78 is 5.90. The number of hydrogen-bond donors (Lipinski definition) is 1. The van der Waals surface area contributed by atoms with E-state index < -0.39 is 22.5 Å². The first-order valence-electron chi connectivity index (χ1n) is 7.75. The third-order valence-electron chi connectivity index (χ3n) is 3.11. The molecule has 0 saturated heterocycles. The molecule has 0 spiro atoms. The molecule has 0 bridgehead atoms. The highest BCUT2D eigenvalue weighted by atomic mass is 127. The number of ether oxygens (including phenoxy) is 1. The third kappa shape index (κ3) is 6.85. The van der Waals surface area contributed by atoms with Crippen LogP contribution in [-0.2, 0) is 4.74 Å². The monoisotopic (exact) mass is 463 g/mol. The van der Waals surface area contributed by atoms with E-state index in [1.165, 1.54) is 23.1 Å². The van der Waals surface area contributed by atoms with Gasteiger partial charge in [0.1, 0.15) is 5.60 Å². The molecular formula is C16H22IN3O5. The molecule has 0 radical (unpaired) electrons. The lowest BCUT2D eigenvalue weighted by Crippen LogP contribution is -2.41. The highest BCUT2D eigenvalue weighted by Gasteiger charge is 2.21. The van der Waals surface area contributed by atoms with Crippen molar-refractivity contribution in [2.45, 2.75) is 33.3 Å². The zero-order chi connectivity index (χ0) is 19.2. The van der Waals surface area contributed by atoms with E-state index in [0.29, 0.717) is 10.1 Å². The van der Waals surface area contributed by atoms with E-state index in [1.54, 1.807) is 20.8 Å². The Morgan fingerprint density at radius 3 is 2.52 bits per heavy atom. The number of nitro benzene ring substituents is 1. The van der Waals surface area contributed by atoms with Crippen molar-refractivity contribution in [1.29, 1.82) is 0 Å². The van der Waals surface area contributed by atoms with Gasteiger partial charge in [0.05, 0.1) is 10.5 Å². The lowest BCUT2D eigenvalue weighted by atomic mass is 10.2. The molecule has 0 atom stereocenters. The summed E-state index contributed by atoms with van der Waals surface area (Å²) in [5.74, 6) is -0.423. The van der Waals surface area contributed by atoms with Crippen molar-refractivity contribution in [2.24, 2.45) is 0 Å². The molecule has 0 aliphatic heterocycles. The molecule has 0 aliphatic carbocycles. The second-order valence-corrected chi connectivity index (χ2v) is 7.40. The van der Waals surface area contributed by atoms with Gasteiger partial charge in [-0.2, -0.15) is 0 Å². The van der Waals surface area contributed by atoms with Crippen molar-refractivity contribution in [3.8, 4) is 0 Å². The number of likely N-dealkylation sites (N-methyl/N-ethyl adjacent to an activating group) is 1. The van der Waals surface area contributed by atoms with Crippen LogP contribution in [0, 0.1) is 13.7 Å². The number of amides is 2. The Kier molecular flexibility index (Phi) is 7.59. The molecule has 0 fully saturated rings. The van der Waals surface area contributed by atoms with E-state index in [2.05, 4.69) is 5.32 Å². The summed E-state index contributed by atoms with van der Waals surface area (Å²) in [4.78, 5) is 36.0. The first-order chi connectivity index (χ1) is 11.5. The van der Waals surface area contributed by atoms with Gasteiger partial charge >= 0.3 is 6.09 Å². The van der Waals surface area contributed by atoms with Crippen molar-refractivity contribution in [1.82, 2.24) is 10.2 Å². The second kappa shape index (κ2) is 8.97. The van der Waals surface area contributed by atoms with Crippen LogP contribution in [0.1, 0.15) is 38.1 Å².